The summed E-state index contributed by atoms with van der Waals surface area (Å²) in [7, 11) is 6.83. The first kappa shape index (κ1) is 89.2. The molecule has 123 heavy (non-hydrogen) atoms. The van der Waals surface area contributed by atoms with Gasteiger partial charge in [-0.25, -0.2) is 0 Å². The number of benzene rings is 5. The van der Waals surface area contributed by atoms with Gasteiger partial charge in [0.05, 0.1) is 23.0 Å². The Bertz CT molecular complexity index is 5090. The molecule has 17 nitrogen and oxygen atoms in total. The van der Waals surface area contributed by atoms with Crippen molar-refractivity contribution < 1.29 is 28.8 Å². The summed E-state index contributed by atoms with van der Waals surface area (Å²) in [6.45, 7) is 21.6. The predicted octanol–water partition coefficient (Wildman–Crippen LogP) is 18.4. The number of aromatic amines is 5. The summed E-state index contributed by atoms with van der Waals surface area (Å²) in [6, 6.07) is 36.6. The van der Waals surface area contributed by atoms with E-state index in [9.17, 15) is 28.8 Å². The van der Waals surface area contributed by atoms with Gasteiger partial charge < -0.3 is 49.7 Å². The molecule has 0 unspecified atom stereocenters. The summed E-state index contributed by atoms with van der Waals surface area (Å²) in [4.78, 5) is 98.4. The van der Waals surface area contributed by atoms with E-state index in [4.69, 9.17) is 0 Å². The average Bonchev–Trinajstić information content (AvgIpc) is 1.68. The Labute approximate surface area is 746 Å². The lowest BCUT2D eigenvalue weighted by molar-refractivity contribution is -0.122. The van der Waals surface area contributed by atoms with Gasteiger partial charge in [0.2, 0.25) is 5.91 Å². The lowest BCUT2D eigenvalue weighted by Gasteiger charge is -2.47. The minimum atomic E-state index is 0.0779. The van der Waals surface area contributed by atoms with Gasteiger partial charge in [0, 0.05) is 197 Å². The van der Waals surface area contributed by atoms with Gasteiger partial charge in [-0.2, -0.15) is 47.0 Å². The summed E-state index contributed by atoms with van der Waals surface area (Å²) < 4.78 is 0. The predicted molar refractivity (Wildman–Crippen MR) is 514 cm³/mol. The van der Waals surface area contributed by atoms with E-state index in [1.165, 1.54) is 156 Å². The number of hydrogen-bond acceptors (Lipinski definition) is 15. The summed E-state index contributed by atoms with van der Waals surface area (Å²) in [5.74, 6) is 14.7. The Hall–Kier alpha value is -7.18. The molecule has 5 aromatic carbocycles. The fourth-order valence-electron chi connectivity index (χ4n) is 24.0. The summed E-state index contributed by atoms with van der Waals surface area (Å²) in [6.07, 6.45) is 26.9. The fraction of sp³-hybridized carbons (Fsp3) is 0.549. The maximum absolute atomic E-state index is 12.2. The Morgan fingerprint density at radius 2 is 0.618 bits per heavy atom. The molecule has 5 aromatic heterocycles. The number of thioether (sulfide) groups is 4. The molecule has 10 aromatic rings. The first-order chi connectivity index (χ1) is 59.6. The number of hydrogen-bond donors (Lipinski definition) is 6. The van der Waals surface area contributed by atoms with Crippen LogP contribution in [0.25, 0.3) is 54.5 Å². The maximum atomic E-state index is 12.2. The molecule has 10 heterocycles. The second-order valence-corrected chi connectivity index (χ2v) is 42.5. The number of nitrogens with one attached hydrogen (secondary N) is 6. The van der Waals surface area contributed by atoms with Crippen LogP contribution in [0.1, 0.15) is 198 Å². The molecular weight excluding hydrogens is 1600 g/mol. The van der Waals surface area contributed by atoms with Crippen molar-refractivity contribution in [3.05, 3.63) is 178 Å². The third-order valence-corrected chi connectivity index (χ3v) is 34.2. The molecule has 0 bridgehead atoms. The Balaban J connectivity index is 0.000000114. The molecular formula is C102H133N11O6S4. The number of Topliss-reactive ketones (excluding diaryl/α,β-unsaturated/α-hetero) is 5. The largest absolute Gasteiger partial charge is 0.361 e. The van der Waals surface area contributed by atoms with Gasteiger partial charge in [0.1, 0.15) is 28.9 Å². The van der Waals surface area contributed by atoms with Crippen molar-refractivity contribution in [2.24, 2.45) is 29.6 Å². The van der Waals surface area contributed by atoms with Gasteiger partial charge in [-0.15, -0.1) is 0 Å². The monoisotopic (exact) mass is 1740 g/mol. The van der Waals surface area contributed by atoms with Gasteiger partial charge in [-0.1, -0.05) is 74.5 Å². The normalized spacial score (nSPS) is 26.1. The Kier molecular flexibility index (Phi) is 29.3. The number of aromatic nitrogens is 5. The number of rotatable bonds is 26. The van der Waals surface area contributed by atoms with Crippen molar-refractivity contribution in [1.29, 1.82) is 0 Å². The van der Waals surface area contributed by atoms with Gasteiger partial charge in [-0.3, -0.25) is 33.8 Å². The second-order valence-electron chi connectivity index (χ2n) is 38.4. The van der Waals surface area contributed by atoms with Crippen LogP contribution in [0.2, 0.25) is 0 Å². The minimum Gasteiger partial charge on any atom is -0.361 e. The number of H-pyrrole nitrogens is 5. The molecule has 10 aliphatic rings. The molecule has 5 aliphatic carbocycles. The number of nitrogens with zero attached hydrogens (tertiary/aromatic N) is 5. The molecule has 5 aliphatic heterocycles. The molecule has 0 saturated carbocycles. The van der Waals surface area contributed by atoms with Crippen LogP contribution >= 0.6 is 47.0 Å². The third-order valence-electron chi connectivity index (χ3n) is 28.9. The molecule has 0 spiro atoms. The number of amides is 1. The van der Waals surface area contributed by atoms with Gasteiger partial charge >= 0.3 is 0 Å². The lowest BCUT2D eigenvalue weighted by atomic mass is 9.72. The zero-order valence-corrected chi connectivity index (χ0v) is 77.7. The van der Waals surface area contributed by atoms with E-state index in [-0.39, 0.29) is 29.0 Å². The van der Waals surface area contributed by atoms with E-state index in [2.05, 4.69) is 212 Å². The molecule has 6 N–H and O–H groups in total. The number of ketones is 5. The van der Waals surface area contributed by atoms with Gasteiger partial charge in [-0.05, 0) is 291 Å². The maximum Gasteiger partial charge on any atom is 0.220 e. The molecule has 20 rings (SSSR count). The first-order valence-electron chi connectivity index (χ1n) is 46.2. The highest BCUT2D eigenvalue weighted by molar-refractivity contribution is 8.00. The van der Waals surface area contributed by atoms with Gasteiger partial charge in [0.15, 0.2) is 0 Å². The number of carbonyl (C=O) groups excluding carboxylic acids is 6. The van der Waals surface area contributed by atoms with Crippen molar-refractivity contribution in [2.75, 3.05) is 120 Å². The number of likely N-dealkylation sites (N-methyl/N-ethyl adjacent to an activating group) is 3. The topological polar surface area (TPSA) is 210 Å². The van der Waals surface area contributed by atoms with E-state index >= 15 is 0 Å². The molecule has 1 amide bonds. The van der Waals surface area contributed by atoms with E-state index in [0.717, 1.165) is 101 Å². The zero-order valence-electron chi connectivity index (χ0n) is 74.4. The van der Waals surface area contributed by atoms with Crippen LogP contribution < -0.4 is 5.32 Å². The number of piperidine rings is 5. The Morgan fingerprint density at radius 3 is 0.902 bits per heavy atom. The summed E-state index contributed by atoms with van der Waals surface area (Å²) in [5, 5.41) is 10.5. The Morgan fingerprint density at radius 1 is 0.350 bits per heavy atom. The molecule has 0 radical (unpaired) electrons. The number of carbonyl (C=O) groups is 6. The van der Waals surface area contributed by atoms with Crippen LogP contribution in [-0.4, -0.2) is 234 Å². The molecule has 21 heteroatoms. The molecule has 656 valence electrons. The second kappa shape index (κ2) is 40.4. The fourth-order valence-corrected chi connectivity index (χ4v) is 27.9. The highest BCUT2D eigenvalue weighted by Crippen LogP contribution is 2.51. The van der Waals surface area contributed by atoms with Crippen LogP contribution in [-0.2, 0) is 60.9 Å². The average molecular weight is 1740 g/mol. The van der Waals surface area contributed by atoms with Crippen LogP contribution in [0.3, 0.4) is 0 Å². The highest BCUT2D eigenvalue weighted by Gasteiger charge is 2.46. The van der Waals surface area contributed by atoms with E-state index in [0.29, 0.717) is 137 Å². The molecule has 15 atom stereocenters. The first-order valence-corrected chi connectivity index (χ1v) is 50.8. The van der Waals surface area contributed by atoms with E-state index in [1.54, 1.807) is 75.5 Å². The summed E-state index contributed by atoms with van der Waals surface area (Å²) in [5.41, 5.74) is 21.4. The SMILES string of the molecule is CC(=O)CSC[C@@H]1C[C@@H]2c3cccc4[nH]cc(c34)C[C@H]2N(C)C1.CC(=O)CSC[C@@H]1C[C@@H]2c3cccc4[nH]cc(c34)C[C@H]2N(C)C1.CC(=O)CSC[C@@H]1C[C@@H]2c3cccc4[nH]cc(c34)C[C@H]2N(C)C1.CCCN1C[C@H](CNC(=O)CCCC(C)=O)C[C@@H]2c3cccc4[nH]cc(c34)C[C@H]21.CCCN1C[C@H](CSCC(C)=O)C[C@@H]2c3cccc4[nH]cc(c34)C[C@H]21. The van der Waals surface area contributed by atoms with Gasteiger partial charge in [0.25, 0.3) is 0 Å². The van der Waals surface area contributed by atoms with Crippen molar-refractivity contribution in [2.45, 2.75) is 205 Å². The third kappa shape index (κ3) is 20.2. The van der Waals surface area contributed by atoms with Crippen molar-refractivity contribution in [1.82, 2.24) is 54.7 Å². The zero-order chi connectivity index (χ0) is 85.7. The van der Waals surface area contributed by atoms with Crippen LogP contribution in [0.15, 0.2) is 122 Å². The van der Waals surface area contributed by atoms with Crippen LogP contribution in [0.5, 0.6) is 0 Å². The lowest BCUT2D eigenvalue weighted by Crippen LogP contribution is -2.52. The van der Waals surface area contributed by atoms with E-state index in [1.807, 2.05) is 11.8 Å². The number of fused-ring (bicyclic) bond motifs is 10. The van der Waals surface area contributed by atoms with Crippen LogP contribution in [0, 0.1) is 29.6 Å². The standard InChI is InChI=1S/C24H33N3O2.C21H28N2OS.3C19H24N2OS/c1-3-10-27-15-17(13-26-23(29)9-4-6-16(2)28)11-20-19-7-5-8-21-24(19)18(14-25-21)12-22(20)27;1-3-7-23-11-15(13-25-12-14(2)24)8-18-17-5-4-6-19-21(17)16(10-22-19)9-20(18)23;3*1-12(22)10-23-11-13-6-16-15-4-3-5-17-19(15)14(8-20-17)7-18(16)21(2)9-13/h5,7-8,14,17,20,22,25H,3-4,6,9-13,15H2,1-2H3,(H,26,29);4-6,10,15,18,20,22H,3,7-9,11-13H2,1-2H3;3*3-5,8,13,16,18,20H,6-7,9-11H2,1-2H3/t17-,20+,22+;15-,18-,20-;3*13-,16-,18-/m01111/s1. The molecule has 5 fully saturated rings. The minimum absolute atomic E-state index is 0.0779. The molecule has 5 saturated heterocycles. The number of likely N-dealkylation sites (tertiary alicyclic amines) is 5. The smallest absolute Gasteiger partial charge is 0.220 e. The van der Waals surface area contributed by atoms with Crippen LogP contribution in [0.4, 0.5) is 0 Å². The summed E-state index contributed by atoms with van der Waals surface area (Å²) >= 11 is 7.24. The van der Waals surface area contributed by atoms with Crippen molar-refractivity contribution in [3.8, 4) is 0 Å². The highest BCUT2D eigenvalue weighted by atomic mass is 32.2. The quantitative estimate of drug-likeness (QED) is 0.0298. The van der Waals surface area contributed by atoms with Crippen molar-refractivity contribution >= 4 is 136 Å². The van der Waals surface area contributed by atoms with Crippen molar-refractivity contribution in [3.63, 3.8) is 0 Å². The van der Waals surface area contributed by atoms with E-state index < -0.39 is 0 Å².